The van der Waals surface area contributed by atoms with Crippen LogP contribution in [0.5, 0.6) is 0 Å². The lowest BCUT2D eigenvalue weighted by molar-refractivity contribution is 1.50. The van der Waals surface area contributed by atoms with Crippen molar-refractivity contribution >= 4 is 9.18 Å². The minimum absolute atomic E-state index is 0. The Kier molecular flexibility index (Phi) is 511. The molecule has 0 aromatic carbocycles. The predicted octanol–water partition coefficient (Wildman–Crippen LogP) is 2.15. The molecule has 5 heavy (non-hydrogen) atoms. The molecule has 0 aromatic heterocycles. The van der Waals surface area contributed by atoms with Crippen LogP contribution in [0.1, 0.15) is 21.3 Å². The van der Waals surface area contributed by atoms with Crippen LogP contribution in [0, 0.1) is 0 Å². The summed E-state index contributed by atoms with van der Waals surface area (Å²) in [5.41, 5.74) is 0. The maximum absolute atomic E-state index is 6.24. The van der Waals surface area contributed by atoms with Gasteiger partial charge in [-0.25, -0.2) is 0 Å². The molecule has 0 nitrogen and oxygen atoms in total. The van der Waals surface area contributed by atoms with Crippen LogP contribution >= 0.6 is 9.18 Å². The lowest BCUT2D eigenvalue weighted by Gasteiger charge is -1.10. The molecular weight excluding hydrogens is 79.0 g/mol. The summed E-state index contributed by atoms with van der Waals surface area (Å²) in [7, 11) is 0.333. The lowest BCUT2D eigenvalue weighted by Crippen LogP contribution is -0.856. The van der Waals surface area contributed by atoms with Gasteiger partial charge in [-0.15, -0.1) is 9.18 Å². The van der Waals surface area contributed by atoms with Gasteiger partial charge in [-0.05, 0) is 0 Å². The van der Waals surface area contributed by atoms with Crippen molar-refractivity contribution in [2.75, 3.05) is 6.66 Å². The Bertz CT molecular complexity index is 7.51. The second-order valence-electron chi connectivity index (χ2n) is 0. The van der Waals surface area contributed by atoms with Crippen molar-refractivity contribution in [1.29, 1.82) is 1.28 Å². The molecule has 0 saturated carbocycles. The molecule has 0 saturated heterocycles. The fourth-order valence-electron chi connectivity index (χ4n) is 0. The zero-order valence-electron chi connectivity index (χ0n) is 4.50. The fourth-order valence-corrected chi connectivity index (χ4v) is 0. The van der Waals surface area contributed by atoms with Crippen LogP contribution in [0.3, 0.4) is 0 Å². The van der Waals surface area contributed by atoms with Crippen LogP contribution in [0.2, 0.25) is 0 Å². The van der Waals surface area contributed by atoms with E-state index in [0.717, 1.165) is 0 Å². The minimum atomic E-state index is 0. The van der Waals surface area contributed by atoms with Crippen molar-refractivity contribution in [1.82, 2.24) is 0 Å². The van der Waals surface area contributed by atoms with Gasteiger partial charge in [0.15, 0.2) is 0 Å². The molecule has 0 aliphatic carbocycles. The van der Waals surface area contributed by atoms with Crippen LogP contribution in [0.15, 0.2) is 0 Å². The summed E-state index contributed by atoms with van der Waals surface area (Å²) < 4.78 is 6.24. The van der Waals surface area contributed by atoms with E-state index in [1.165, 1.54) is 0 Å². The molecule has 0 N–H and O–H groups in total. The van der Waals surface area contributed by atoms with E-state index in [1.54, 1.807) is 0 Å². The van der Waals surface area contributed by atoms with Crippen LogP contribution < -0.4 is 0 Å². The van der Waals surface area contributed by atoms with Gasteiger partial charge < -0.3 is 0 Å². The summed E-state index contributed by atoms with van der Waals surface area (Å²) >= 11 is 0. The maximum atomic E-state index is 6.24. The molecule has 0 aromatic rings. The van der Waals surface area contributed by atoms with Crippen molar-refractivity contribution in [3.8, 4) is 0 Å². The third kappa shape index (κ3) is 141. The molecule has 0 rings (SSSR count). The minimum Gasteiger partial charge on any atom is -0.141 e. The van der Waals surface area contributed by atoms with Gasteiger partial charge >= 0.3 is 0 Å². The zero-order chi connectivity index (χ0) is 4.71. The van der Waals surface area contributed by atoms with Crippen molar-refractivity contribution in [3.05, 3.63) is 0 Å². The first kappa shape index (κ1) is 9.06. The summed E-state index contributed by atoms with van der Waals surface area (Å²) in [6, 6.07) is 0. The molecule has 1 heteroatoms. The molecular formula is C4H15P. The molecule has 1 atom stereocenters. The SMILES string of the molecule is C.CC.[3H]PC. The predicted molar refractivity (Wildman–Crippen MR) is 33.7 cm³/mol. The lowest BCUT2D eigenvalue weighted by atomic mass is 11.0. The van der Waals surface area contributed by atoms with Crippen LogP contribution in [-0.2, 0) is 0 Å². The highest BCUT2D eigenvalue weighted by molar-refractivity contribution is 7.15. The average molecular weight is 96.1 g/mol. The number of hydrogen-bond donors (Lipinski definition) is 0. The Morgan fingerprint density at radius 1 is 1.60 bits per heavy atom. The summed E-state index contributed by atoms with van der Waals surface area (Å²) in [5, 5.41) is 0. The van der Waals surface area contributed by atoms with Crippen molar-refractivity contribution < 1.29 is 0 Å². The average Bonchev–Trinajstić information content (AvgIpc) is 1.46. The fraction of sp³-hybridized carbons (Fsp3) is 1.00. The van der Waals surface area contributed by atoms with Gasteiger partial charge in [-0.3, -0.25) is 0 Å². The van der Waals surface area contributed by atoms with Crippen molar-refractivity contribution in [2.24, 2.45) is 0 Å². The monoisotopic (exact) mass is 96.1 g/mol. The molecule has 0 spiro atoms. The zero-order valence-corrected chi connectivity index (χ0v) is 4.50. The van der Waals surface area contributed by atoms with Crippen molar-refractivity contribution in [2.45, 2.75) is 21.3 Å². The van der Waals surface area contributed by atoms with Gasteiger partial charge in [0.25, 0.3) is 0 Å². The number of hydrogen-bond acceptors (Lipinski definition) is 0. The van der Waals surface area contributed by atoms with E-state index < -0.39 is 0 Å². The molecule has 0 radical (unpaired) electrons. The van der Waals surface area contributed by atoms with E-state index in [9.17, 15) is 0 Å². The van der Waals surface area contributed by atoms with E-state index in [1.807, 2.05) is 20.5 Å². The number of rotatable bonds is 0. The third-order valence-corrected chi connectivity index (χ3v) is 0. The summed E-state index contributed by atoms with van der Waals surface area (Å²) in [6.45, 7) is 5.82. The molecule has 0 aliphatic heterocycles. The Morgan fingerprint density at radius 2 is 1.60 bits per heavy atom. The second-order valence-corrected chi connectivity index (χ2v) is 0. The van der Waals surface area contributed by atoms with Gasteiger partial charge in [0, 0.05) is 0 Å². The molecule has 0 fully saturated rings. The van der Waals surface area contributed by atoms with Gasteiger partial charge in [-0.1, -0.05) is 27.9 Å². The van der Waals surface area contributed by atoms with Crippen LogP contribution in [0.25, 0.3) is 0 Å². The smallest absolute Gasteiger partial charge is 0.0543 e. The van der Waals surface area contributed by atoms with E-state index >= 15 is 0 Å². The van der Waals surface area contributed by atoms with Gasteiger partial charge in [-0.2, -0.15) is 0 Å². The molecule has 0 aliphatic rings. The van der Waals surface area contributed by atoms with Gasteiger partial charge in [0.2, 0.25) is 0 Å². The molecule has 1 unspecified atom stereocenters. The molecule has 0 heterocycles. The first-order valence-corrected chi connectivity index (χ1v) is 2.50. The highest BCUT2D eigenvalue weighted by atomic mass is 31.0. The van der Waals surface area contributed by atoms with Crippen LogP contribution in [-0.4, -0.2) is 7.94 Å². The quantitative estimate of drug-likeness (QED) is 0.405. The Hall–Kier alpha value is 0.430. The highest BCUT2D eigenvalue weighted by Gasteiger charge is 0.932. The normalized spacial score (nSPS) is 7.40. The van der Waals surface area contributed by atoms with Gasteiger partial charge in [0.1, 0.15) is 0 Å². The van der Waals surface area contributed by atoms with Crippen LogP contribution in [0.4, 0.5) is 0 Å². The summed E-state index contributed by atoms with van der Waals surface area (Å²) in [5.74, 6) is 0. The molecule has 0 bridgehead atoms. The summed E-state index contributed by atoms with van der Waals surface area (Å²) in [4.78, 5) is 0. The van der Waals surface area contributed by atoms with E-state index in [-0.39, 0.29) is 7.43 Å². The first-order valence-electron chi connectivity index (χ1n) is 2.00. The largest absolute Gasteiger partial charge is 0.141 e. The Morgan fingerprint density at radius 3 is 1.60 bits per heavy atom. The van der Waals surface area contributed by atoms with Crippen molar-refractivity contribution in [3.63, 3.8) is 0 Å². The molecule has 0 amide bonds. The first-order chi connectivity index (χ1) is 2.41. The Balaban J connectivity index is -0.0000000275. The topological polar surface area (TPSA) is 0 Å². The second kappa shape index (κ2) is 282. The molecule has 36 valence electrons. The third-order valence-electron chi connectivity index (χ3n) is 0. The van der Waals surface area contributed by atoms with Gasteiger partial charge in [0.05, 0.1) is 1.28 Å². The van der Waals surface area contributed by atoms with E-state index in [0.29, 0.717) is 9.18 Å². The Labute approximate surface area is 39.5 Å². The summed E-state index contributed by atoms with van der Waals surface area (Å²) in [6.07, 6.45) is 0. The van der Waals surface area contributed by atoms with E-state index in [2.05, 4.69) is 0 Å². The highest BCUT2D eigenvalue weighted by Crippen LogP contribution is 1.46. The standard InChI is InChI=1S/C2H6.CH5P.CH4/c2*1-2;/h1-2H3;2H2,1H3;1H4/i;2T;. The van der Waals surface area contributed by atoms with E-state index in [4.69, 9.17) is 1.28 Å². The maximum Gasteiger partial charge on any atom is 0.0543 e.